The molecule has 1 aromatic carbocycles. The monoisotopic (exact) mass is 292 g/mol. The van der Waals surface area contributed by atoms with Crippen molar-refractivity contribution in [3.63, 3.8) is 0 Å². The normalized spacial score (nSPS) is 24.6. The van der Waals surface area contributed by atoms with E-state index >= 15 is 0 Å². The van der Waals surface area contributed by atoms with Gasteiger partial charge in [0.25, 0.3) is 0 Å². The van der Waals surface area contributed by atoms with Gasteiger partial charge in [-0.2, -0.15) is 0 Å². The number of methoxy groups -OCH3 is 1. The van der Waals surface area contributed by atoms with Crippen LogP contribution in [0.2, 0.25) is 0 Å². The molecule has 21 heavy (non-hydrogen) atoms. The van der Waals surface area contributed by atoms with Crippen molar-refractivity contribution in [3.8, 4) is 11.5 Å². The van der Waals surface area contributed by atoms with Crippen LogP contribution in [-0.4, -0.2) is 44.8 Å². The zero-order valence-corrected chi connectivity index (χ0v) is 13.9. The second-order valence-corrected chi connectivity index (χ2v) is 6.29. The minimum Gasteiger partial charge on any atom is -0.496 e. The number of nitrogens with one attached hydrogen (secondary N) is 1. The molecular weight excluding hydrogens is 264 g/mol. The van der Waals surface area contributed by atoms with Crippen LogP contribution in [0, 0.1) is 0 Å². The molecule has 1 aliphatic rings. The van der Waals surface area contributed by atoms with Crippen LogP contribution in [0.25, 0.3) is 0 Å². The highest BCUT2D eigenvalue weighted by Gasteiger charge is 2.37. The molecule has 4 heteroatoms. The van der Waals surface area contributed by atoms with Crippen LogP contribution in [0.1, 0.15) is 38.3 Å². The van der Waals surface area contributed by atoms with Crippen LogP contribution < -0.4 is 14.8 Å². The third-order valence-electron chi connectivity index (χ3n) is 4.28. The van der Waals surface area contributed by atoms with E-state index in [4.69, 9.17) is 9.47 Å². The molecule has 4 nitrogen and oxygen atoms in total. The summed E-state index contributed by atoms with van der Waals surface area (Å²) in [6.45, 7) is 6.34. The van der Waals surface area contributed by atoms with Gasteiger partial charge in [0.2, 0.25) is 0 Å². The van der Waals surface area contributed by atoms with E-state index < -0.39 is 0 Å². The lowest BCUT2D eigenvalue weighted by atomic mass is 9.86. The topological polar surface area (TPSA) is 33.7 Å². The van der Waals surface area contributed by atoms with E-state index in [9.17, 15) is 0 Å². The van der Waals surface area contributed by atoms with Gasteiger partial charge in [0.1, 0.15) is 17.1 Å². The summed E-state index contributed by atoms with van der Waals surface area (Å²) in [5, 5.41) is 3.67. The molecule has 1 aliphatic heterocycles. The Labute approximate surface area is 128 Å². The van der Waals surface area contributed by atoms with Crippen molar-refractivity contribution in [1.29, 1.82) is 0 Å². The predicted molar refractivity (Wildman–Crippen MR) is 86.2 cm³/mol. The molecule has 118 valence electrons. The Morgan fingerprint density at radius 3 is 2.81 bits per heavy atom. The molecule has 2 rings (SSSR count). The molecule has 0 radical (unpaired) electrons. The second kappa shape index (κ2) is 6.67. The summed E-state index contributed by atoms with van der Waals surface area (Å²) in [5.41, 5.74) is 1.04. The first kappa shape index (κ1) is 16.1. The van der Waals surface area contributed by atoms with Crippen molar-refractivity contribution in [3.05, 3.63) is 23.8 Å². The average molecular weight is 292 g/mol. The number of fused-ring (bicyclic) bond motifs is 1. The highest BCUT2D eigenvalue weighted by molar-refractivity contribution is 5.48. The SMILES string of the molecule is CCC1(C)CC(NCCN(C)C)c2c(OC)cccc2O1. The van der Waals surface area contributed by atoms with E-state index in [1.807, 2.05) is 18.2 Å². The van der Waals surface area contributed by atoms with Crippen LogP contribution >= 0.6 is 0 Å². The Morgan fingerprint density at radius 2 is 2.19 bits per heavy atom. The Bertz CT molecular complexity index is 476. The van der Waals surface area contributed by atoms with Gasteiger partial charge in [0.05, 0.1) is 12.7 Å². The van der Waals surface area contributed by atoms with Crippen molar-refractivity contribution in [2.24, 2.45) is 0 Å². The number of ether oxygens (including phenoxy) is 2. The number of hydrogen-bond acceptors (Lipinski definition) is 4. The summed E-state index contributed by atoms with van der Waals surface area (Å²) >= 11 is 0. The van der Waals surface area contributed by atoms with Crippen LogP contribution in [0.4, 0.5) is 0 Å². The van der Waals surface area contributed by atoms with E-state index in [0.717, 1.165) is 43.0 Å². The third kappa shape index (κ3) is 3.69. The Morgan fingerprint density at radius 1 is 1.43 bits per heavy atom. The quantitative estimate of drug-likeness (QED) is 0.874. The summed E-state index contributed by atoms with van der Waals surface area (Å²) < 4.78 is 11.8. The van der Waals surface area contributed by atoms with Gasteiger partial charge in [-0.3, -0.25) is 0 Å². The molecular formula is C17H28N2O2. The van der Waals surface area contributed by atoms with Gasteiger partial charge in [0.15, 0.2) is 0 Å². The first-order chi connectivity index (χ1) is 9.99. The first-order valence-corrected chi connectivity index (χ1v) is 7.73. The third-order valence-corrected chi connectivity index (χ3v) is 4.28. The van der Waals surface area contributed by atoms with Crippen LogP contribution in [0.5, 0.6) is 11.5 Å². The maximum Gasteiger partial charge on any atom is 0.128 e. The Balaban J connectivity index is 2.26. The maximum absolute atomic E-state index is 6.24. The van der Waals surface area contributed by atoms with E-state index in [1.165, 1.54) is 0 Å². The molecule has 0 saturated heterocycles. The van der Waals surface area contributed by atoms with Crippen LogP contribution in [-0.2, 0) is 0 Å². The van der Waals surface area contributed by atoms with E-state index in [2.05, 4.69) is 38.2 Å². The average Bonchev–Trinajstić information content (AvgIpc) is 2.45. The zero-order valence-electron chi connectivity index (χ0n) is 13.9. The fourth-order valence-electron chi connectivity index (χ4n) is 2.83. The molecule has 0 fully saturated rings. The highest BCUT2D eigenvalue weighted by atomic mass is 16.5. The summed E-state index contributed by atoms with van der Waals surface area (Å²) in [5.74, 6) is 1.86. The molecule has 0 amide bonds. The lowest BCUT2D eigenvalue weighted by molar-refractivity contribution is 0.0430. The number of likely N-dealkylation sites (N-methyl/N-ethyl adjacent to an activating group) is 1. The predicted octanol–water partition coefficient (Wildman–Crippen LogP) is 2.84. The van der Waals surface area contributed by atoms with Gasteiger partial charge in [-0.25, -0.2) is 0 Å². The van der Waals surface area contributed by atoms with Gasteiger partial charge < -0.3 is 19.7 Å². The van der Waals surface area contributed by atoms with E-state index in [1.54, 1.807) is 7.11 Å². The number of benzene rings is 1. The standard InChI is InChI=1S/C17H28N2O2/c1-6-17(2)12-13(18-10-11-19(3)4)16-14(20-5)8-7-9-15(16)21-17/h7-9,13,18H,6,10-12H2,1-5H3. The van der Waals surface area contributed by atoms with Gasteiger partial charge >= 0.3 is 0 Å². The van der Waals surface area contributed by atoms with Crippen LogP contribution in [0.3, 0.4) is 0 Å². The maximum atomic E-state index is 6.24. The molecule has 2 atom stereocenters. The minimum absolute atomic E-state index is 0.116. The van der Waals surface area contributed by atoms with Gasteiger partial charge in [-0.05, 0) is 39.6 Å². The first-order valence-electron chi connectivity index (χ1n) is 7.73. The zero-order chi connectivity index (χ0) is 15.5. The van der Waals surface area contributed by atoms with E-state index in [0.29, 0.717) is 0 Å². The number of nitrogens with zero attached hydrogens (tertiary/aromatic N) is 1. The fraction of sp³-hybridized carbons (Fsp3) is 0.647. The molecule has 0 spiro atoms. The number of hydrogen-bond donors (Lipinski definition) is 1. The molecule has 0 saturated carbocycles. The Hall–Kier alpha value is -1.26. The van der Waals surface area contributed by atoms with Gasteiger partial charge in [-0.15, -0.1) is 0 Å². The van der Waals surface area contributed by atoms with E-state index in [-0.39, 0.29) is 11.6 Å². The van der Waals surface area contributed by atoms with Crippen LogP contribution in [0.15, 0.2) is 18.2 Å². The molecule has 1 N–H and O–H groups in total. The minimum atomic E-state index is -0.116. The lowest BCUT2D eigenvalue weighted by Crippen LogP contribution is -2.42. The fourth-order valence-corrected chi connectivity index (χ4v) is 2.83. The Kier molecular flexibility index (Phi) is 5.12. The lowest BCUT2D eigenvalue weighted by Gasteiger charge is -2.40. The summed E-state index contributed by atoms with van der Waals surface area (Å²) in [6.07, 6.45) is 1.96. The summed E-state index contributed by atoms with van der Waals surface area (Å²) in [6, 6.07) is 6.33. The molecule has 0 aromatic heterocycles. The van der Waals surface area contributed by atoms with Gasteiger partial charge in [0, 0.05) is 25.6 Å². The largest absolute Gasteiger partial charge is 0.496 e. The summed E-state index contributed by atoms with van der Waals surface area (Å²) in [7, 11) is 5.91. The van der Waals surface area contributed by atoms with Crippen molar-refractivity contribution in [2.75, 3.05) is 34.3 Å². The molecule has 0 bridgehead atoms. The van der Waals surface area contributed by atoms with Crippen molar-refractivity contribution in [2.45, 2.75) is 38.3 Å². The molecule has 2 unspecified atom stereocenters. The molecule has 1 aromatic rings. The second-order valence-electron chi connectivity index (χ2n) is 6.29. The van der Waals surface area contributed by atoms with Gasteiger partial charge in [-0.1, -0.05) is 13.0 Å². The van der Waals surface area contributed by atoms with Crippen molar-refractivity contribution < 1.29 is 9.47 Å². The summed E-state index contributed by atoms with van der Waals surface area (Å²) in [4.78, 5) is 2.19. The highest BCUT2D eigenvalue weighted by Crippen LogP contribution is 2.45. The number of rotatable bonds is 6. The smallest absolute Gasteiger partial charge is 0.128 e. The van der Waals surface area contributed by atoms with Crippen molar-refractivity contribution >= 4 is 0 Å². The molecule has 1 heterocycles. The molecule has 0 aliphatic carbocycles. The van der Waals surface area contributed by atoms with Crippen molar-refractivity contribution in [1.82, 2.24) is 10.2 Å².